The molecule has 0 bridgehead atoms. The van der Waals surface area contributed by atoms with Gasteiger partial charge in [-0.3, -0.25) is 4.90 Å². The molecule has 72 valence electrons. The van der Waals surface area contributed by atoms with Crippen LogP contribution in [-0.4, -0.2) is 54.3 Å². The van der Waals surface area contributed by atoms with Crippen LogP contribution in [-0.2, 0) is 4.74 Å². The normalized spacial score (nSPS) is 22.5. The zero-order valence-corrected chi connectivity index (χ0v) is 8.79. The van der Waals surface area contributed by atoms with E-state index in [1.54, 1.807) is 0 Å². The Labute approximate surface area is 81.8 Å². The molecule has 0 spiro atoms. The number of alkyl halides is 1. The number of aliphatic hydroxyl groups excluding tert-OH is 1. The Morgan fingerprint density at radius 3 is 2.58 bits per heavy atom. The molecule has 1 unspecified atom stereocenters. The van der Waals surface area contributed by atoms with Crippen LogP contribution in [0.5, 0.6) is 0 Å². The number of morpholine rings is 1. The van der Waals surface area contributed by atoms with Crippen molar-refractivity contribution in [1.29, 1.82) is 0 Å². The number of halogens is 1. The van der Waals surface area contributed by atoms with Crippen molar-refractivity contribution >= 4 is 15.9 Å². The second kappa shape index (κ2) is 5.91. The Bertz CT molecular complexity index is 115. The van der Waals surface area contributed by atoms with Crippen LogP contribution in [0.4, 0.5) is 0 Å². The zero-order valence-electron chi connectivity index (χ0n) is 7.21. The fourth-order valence-electron chi connectivity index (χ4n) is 1.46. The van der Waals surface area contributed by atoms with E-state index in [4.69, 9.17) is 9.84 Å². The third-order valence-corrected chi connectivity index (χ3v) is 2.67. The van der Waals surface area contributed by atoms with Crippen LogP contribution < -0.4 is 0 Å². The van der Waals surface area contributed by atoms with E-state index in [0.29, 0.717) is 6.04 Å². The molecule has 0 aromatic heterocycles. The lowest BCUT2D eigenvalue weighted by Gasteiger charge is -2.33. The van der Waals surface area contributed by atoms with E-state index in [1.165, 1.54) is 0 Å². The lowest BCUT2D eigenvalue weighted by atomic mass is 10.2. The van der Waals surface area contributed by atoms with Crippen LogP contribution in [0, 0.1) is 0 Å². The molecule has 0 saturated carbocycles. The van der Waals surface area contributed by atoms with Gasteiger partial charge in [0.1, 0.15) is 0 Å². The minimum absolute atomic E-state index is 0.256. The van der Waals surface area contributed by atoms with Crippen molar-refractivity contribution in [2.24, 2.45) is 0 Å². The van der Waals surface area contributed by atoms with Crippen LogP contribution in [0.15, 0.2) is 0 Å². The molecule has 0 aromatic carbocycles. The van der Waals surface area contributed by atoms with E-state index in [2.05, 4.69) is 20.8 Å². The van der Waals surface area contributed by atoms with Gasteiger partial charge in [0.2, 0.25) is 0 Å². The van der Waals surface area contributed by atoms with Gasteiger partial charge in [-0.2, -0.15) is 0 Å². The average molecular weight is 238 g/mol. The van der Waals surface area contributed by atoms with E-state index in [-0.39, 0.29) is 6.61 Å². The second-order valence-corrected chi connectivity index (χ2v) is 3.76. The summed E-state index contributed by atoms with van der Waals surface area (Å²) in [6.45, 7) is 3.78. The van der Waals surface area contributed by atoms with E-state index in [1.807, 2.05) is 0 Å². The molecule has 1 rings (SSSR count). The maximum Gasteiger partial charge on any atom is 0.0594 e. The van der Waals surface area contributed by atoms with Crippen molar-refractivity contribution in [3.05, 3.63) is 0 Å². The molecule has 0 aromatic rings. The molecule has 12 heavy (non-hydrogen) atoms. The topological polar surface area (TPSA) is 32.7 Å². The number of rotatable bonds is 4. The lowest BCUT2D eigenvalue weighted by molar-refractivity contribution is 0.00277. The van der Waals surface area contributed by atoms with Crippen molar-refractivity contribution in [3.8, 4) is 0 Å². The van der Waals surface area contributed by atoms with Gasteiger partial charge >= 0.3 is 0 Å². The van der Waals surface area contributed by atoms with Gasteiger partial charge < -0.3 is 9.84 Å². The van der Waals surface area contributed by atoms with Gasteiger partial charge in [0.15, 0.2) is 0 Å². The standard InChI is InChI=1S/C8H16BrNO2/c9-2-1-8(7-11)10-3-5-12-6-4-10/h8,11H,1-7H2. The maximum atomic E-state index is 9.11. The summed E-state index contributed by atoms with van der Waals surface area (Å²) in [6, 6.07) is 0.313. The minimum Gasteiger partial charge on any atom is -0.395 e. The first-order valence-electron chi connectivity index (χ1n) is 4.37. The molecule has 0 amide bonds. The van der Waals surface area contributed by atoms with Crippen molar-refractivity contribution in [2.45, 2.75) is 12.5 Å². The molecule has 0 aliphatic carbocycles. The molecule has 1 aliphatic heterocycles. The Hall–Kier alpha value is 0.360. The van der Waals surface area contributed by atoms with E-state index in [9.17, 15) is 0 Å². The lowest BCUT2D eigenvalue weighted by Crippen LogP contribution is -2.45. The molecule has 3 nitrogen and oxygen atoms in total. The maximum absolute atomic E-state index is 9.11. The summed E-state index contributed by atoms with van der Waals surface area (Å²) < 4.78 is 5.24. The number of ether oxygens (including phenoxy) is 1. The highest BCUT2D eigenvalue weighted by Crippen LogP contribution is 2.08. The number of hydrogen-bond acceptors (Lipinski definition) is 3. The Balaban J connectivity index is 2.29. The third-order valence-electron chi connectivity index (χ3n) is 2.22. The quantitative estimate of drug-likeness (QED) is 0.722. The smallest absolute Gasteiger partial charge is 0.0594 e. The summed E-state index contributed by atoms with van der Waals surface area (Å²) in [6.07, 6.45) is 1.01. The van der Waals surface area contributed by atoms with Crippen LogP contribution in [0.3, 0.4) is 0 Å². The van der Waals surface area contributed by atoms with Crippen molar-refractivity contribution in [1.82, 2.24) is 4.90 Å². The second-order valence-electron chi connectivity index (χ2n) is 2.96. The van der Waals surface area contributed by atoms with Crippen molar-refractivity contribution in [2.75, 3.05) is 38.2 Å². The molecule has 1 aliphatic rings. The summed E-state index contributed by atoms with van der Waals surface area (Å²) in [5.41, 5.74) is 0. The molecular weight excluding hydrogens is 222 g/mol. The molecule has 1 heterocycles. The first-order valence-corrected chi connectivity index (χ1v) is 5.49. The van der Waals surface area contributed by atoms with Crippen molar-refractivity contribution < 1.29 is 9.84 Å². The first-order chi connectivity index (χ1) is 5.88. The van der Waals surface area contributed by atoms with Crippen LogP contribution >= 0.6 is 15.9 Å². The fraction of sp³-hybridized carbons (Fsp3) is 1.00. The first kappa shape index (κ1) is 10.4. The van der Waals surface area contributed by atoms with Crippen LogP contribution in [0.2, 0.25) is 0 Å². The average Bonchev–Trinajstić information content (AvgIpc) is 2.15. The molecule has 1 N–H and O–H groups in total. The van der Waals surface area contributed by atoms with E-state index >= 15 is 0 Å². The molecular formula is C8H16BrNO2. The van der Waals surface area contributed by atoms with Gasteiger partial charge in [-0.25, -0.2) is 0 Å². The van der Waals surface area contributed by atoms with Crippen LogP contribution in [0.25, 0.3) is 0 Å². The largest absolute Gasteiger partial charge is 0.395 e. The van der Waals surface area contributed by atoms with Crippen molar-refractivity contribution in [3.63, 3.8) is 0 Å². The molecule has 1 atom stereocenters. The van der Waals surface area contributed by atoms with Crippen LogP contribution in [0.1, 0.15) is 6.42 Å². The summed E-state index contributed by atoms with van der Waals surface area (Å²) in [5, 5.41) is 10.1. The molecule has 4 heteroatoms. The summed E-state index contributed by atoms with van der Waals surface area (Å²) >= 11 is 3.39. The Morgan fingerprint density at radius 2 is 2.08 bits per heavy atom. The van der Waals surface area contributed by atoms with Gasteiger partial charge in [0, 0.05) is 24.5 Å². The summed E-state index contributed by atoms with van der Waals surface area (Å²) in [7, 11) is 0. The van der Waals surface area contributed by atoms with Gasteiger partial charge in [0.25, 0.3) is 0 Å². The van der Waals surface area contributed by atoms with Gasteiger partial charge in [0.05, 0.1) is 19.8 Å². The molecule has 1 fully saturated rings. The SMILES string of the molecule is OCC(CCBr)N1CCOCC1. The summed E-state index contributed by atoms with van der Waals surface area (Å²) in [4.78, 5) is 2.30. The van der Waals surface area contributed by atoms with Gasteiger partial charge in [-0.05, 0) is 6.42 Å². The molecule has 1 saturated heterocycles. The molecule has 0 radical (unpaired) electrons. The van der Waals surface area contributed by atoms with E-state index < -0.39 is 0 Å². The number of hydrogen-bond donors (Lipinski definition) is 1. The predicted octanol–water partition coefficient (Wildman–Crippen LogP) is 0.464. The zero-order chi connectivity index (χ0) is 8.81. The minimum atomic E-state index is 0.256. The monoisotopic (exact) mass is 237 g/mol. The predicted molar refractivity (Wildman–Crippen MR) is 51.7 cm³/mol. The highest BCUT2D eigenvalue weighted by atomic mass is 79.9. The Kier molecular flexibility index (Phi) is 5.14. The van der Waals surface area contributed by atoms with Gasteiger partial charge in [-0.15, -0.1) is 0 Å². The number of nitrogens with zero attached hydrogens (tertiary/aromatic N) is 1. The highest BCUT2D eigenvalue weighted by molar-refractivity contribution is 9.09. The fourth-order valence-corrected chi connectivity index (χ4v) is 1.99. The Morgan fingerprint density at radius 1 is 1.42 bits per heavy atom. The third kappa shape index (κ3) is 3.01. The highest BCUT2D eigenvalue weighted by Gasteiger charge is 2.18. The number of aliphatic hydroxyl groups is 1. The van der Waals surface area contributed by atoms with Gasteiger partial charge in [-0.1, -0.05) is 15.9 Å². The summed E-state index contributed by atoms with van der Waals surface area (Å²) in [5.74, 6) is 0. The van der Waals surface area contributed by atoms with E-state index in [0.717, 1.165) is 38.1 Å².